The number of carbonyl (C=O) groups excluding carboxylic acids is 2. The summed E-state index contributed by atoms with van der Waals surface area (Å²) in [6, 6.07) is 8.56. The Kier molecular flexibility index (Phi) is 5.58. The summed E-state index contributed by atoms with van der Waals surface area (Å²) >= 11 is 14.3. The van der Waals surface area contributed by atoms with Crippen molar-refractivity contribution in [1.82, 2.24) is 4.57 Å². The van der Waals surface area contributed by atoms with Crippen molar-refractivity contribution in [2.75, 3.05) is 6.61 Å². The third kappa shape index (κ3) is 4.12. The number of carbonyl (C=O) groups is 2. The van der Waals surface area contributed by atoms with Crippen molar-refractivity contribution in [3.05, 3.63) is 49.4 Å². The molecule has 9 heteroatoms. The van der Waals surface area contributed by atoms with E-state index >= 15 is 0 Å². The van der Waals surface area contributed by atoms with E-state index in [1.54, 1.807) is 41.8 Å². The maximum absolute atomic E-state index is 12.4. The van der Waals surface area contributed by atoms with Crippen LogP contribution in [-0.4, -0.2) is 23.1 Å². The SMILES string of the molecule is CCOC(=O)Cn1c(=NC(=O)c2ccc(Cl)s2)sc2cc(Cl)ccc21. The van der Waals surface area contributed by atoms with E-state index in [9.17, 15) is 9.59 Å². The van der Waals surface area contributed by atoms with Gasteiger partial charge in [-0.05, 0) is 37.3 Å². The Bertz CT molecular complexity index is 1020. The van der Waals surface area contributed by atoms with E-state index in [-0.39, 0.29) is 13.2 Å². The van der Waals surface area contributed by atoms with Gasteiger partial charge in [0.2, 0.25) is 0 Å². The van der Waals surface area contributed by atoms with Gasteiger partial charge in [0, 0.05) is 5.02 Å². The van der Waals surface area contributed by atoms with Gasteiger partial charge in [0.05, 0.1) is 26.0 Å². The smallest absolute Gasteiger partial charge is 0.326 e. The van der Waals surface area contributed by atoms with Crippen LogP contribution in [0.2, 0.25) is 9.36 Å². The third-order valence-electron chi connectivity index (χ3n) is 3.22. The van der Waals surface area contributed by atoms with Gasteiger partial charge in [0.15, 0.2) is 4.80 Å². The molecule has 3 aromatic rings. The van der Waals surface area contributed by atoms with Crippen molar-refractivity contribution in [1.29, 1.82) is 0 Å². The summed E-state index contributed by atoms with van der Waals surface area (Å²) in [5.74, 6) is -0.808. The average Bonchev–Trinajstić information content (AvgIpc) is 3.12. The molecule has 5 nitrogen and oxygen atoms in total. The molecule has 0 N–H and O–H groups in total. The molecule has 130 valence electrons. The van der Waals surface area contributed by atoms with E-state index in [1.165, 1.54) is 11.3 Å². The number of halogens is 2. The van der Waals surface area contributed by atoms with Crippen molar-refractivity contribution in [2.45, 2.75) is 13.5 Å². The lowest BCUT2D eigenvalue weighted by Crippen LogP contribution is -2.23. The molecule has 2 heterocycles. The Morgan fingerprint density at radius 1 is 1.20 bits per heavy atom. The maximum atomic E-state index is 12.4. The first-order valence-corrected chi connectivity index (χ1v) is 9.65. The number of fused-ring (bicyclic) bond motifs is 1. The fourth-order valence-electron chi connectivity index (χ4n) is 2.19. The maximum Gasteiger partial charge on any atom is 0.326 e. The highest BCUT2D eigenvalue weighted by molar-refractivity contribution is 7.18. The largest absolute Gasteiger partial charge is 0.465 e. The molecule has 0 aliphatic carbocycles. The minimum absolute atomic E-state index is 0.0349. The van der Waals surface area contributed by atoms with Crippen LogP contribution in [0.25, 0.3) is 10.2 Å². The van der Waals surface area contributed by atoms with Gasteiger partial charge in [0.1, 0.15) is 6.54 Å². The summed E-state index contributed by atoms with van der Waals surface area (Å²) in [7, 11) is 0. The second-order valence-electron chi connectivity index (χ2n) is 4.91. The first-order chi connectivity index (χ1) is 12.0. The van der Waals surface area contributed by atoms with Crippen molar-refractivity contribution in [2.24, 2.45) is 4.99 Å². The molecule has 0 saturated carbocycles. The lowest BCUT2D eigenvalue weighted by atomic mass is 10.3. The van der Waals surface area contributed by atoms with Gasteiger partial charge >= 0.3 is 5.97 Å². The normalized spacial score (nSPS) is 11.9. The summed E-state index contributed by atoms with van der Waals surface area (Å²) in [5.41, 5.74) is 0.762. The number of thiophene rings is 1. The Morgan fingerprint density at radius 2 is 2.00 bits per heavy atom. The molecule has 25 heavy (non-hydrogen) atoms. The molecule has 1 amide bonds. The minimum Gasteiger partial charge on any atom is -0.465 e. The molecule has 0 unspecified atom stereocenters. The van der Waals surface area contributed by atoms with Gasteiger partial charge in [-0.1, -0.05) is 34.5 Å². The molecular weight excluding hydrogens is 403 g/mol. The average molecular weight is 415 g/mol. The molecule has 0 saturated heterocycles. The highest BCUT2D eigenvalue weighted by Gasteiger charge is 2.14. The van der Waals surface area contributed by atoms with Crippen molar-refractivity contribution < 1.29 is 14.3 Å². The predicted molar refractivity (Wildman–Crippen MR) is 101 cm³/mol. The number of aromatic nitrogens is 1. The molecule has 1 aromatic carbocycles. The van der Waals surface area contributed by atoms with Crippen LogP contribution in [0.4, 0.5) is 0 Å². The minimum atomic E-state index is -0.410. The van der Waals surface area contributed by atoms with Gasteiger partial charge in [-0.3, -0.25) is 9.59 Å². The van der Waals surface area contributed by atoms with Crippen molar-refractivity contribution in [3.8, 4) is 0 Å². The van der Waals surface area contributed by atoms with Crippen molar-refractivity contribution >= 4 is 68.0 Å². The lowest BCUT2D eigenvalue weighted by molar-refractivity contribution is -0.143. The quantitative estimate of drug-likeness (QED) is 0.595. The summed E-state index contributed by atoms with van der Waals surface area (Å²) in [6.45, 7) is 1.99. The van der Waals surface area contributed by atoms with Gasteiger partial charge in [-0.15, -0.1) is 11.3 Å². The molecule has 0 fully saturated rings. The van der Waals surface area contributed by atoms with E-state index in [4.69, 9.17) is 27.9 Å². The molecule has 0 atom stereocenters. The Morgan fingerprint density at radius 3 is 2.68 bits per heavy atom. The number of esters is 1. The van der Waals surface area contributed by atoms with Crippen LogP contribution in [0.15, 0.2) is 35.3 Å². The second kappa shape index (κ2) is 7.70. The molecule has 0 spiro atoms. The molecule has 0 bridgehead atoms. The molecule has 2 aromatic heterocycles. The first-order valence-electron chi connectivity index (χ1n) is 7.27. The number of hydrogen-bond donors (Lipinski definition) is 0. The number of benzene rings is 1. The zero-order chi connectivity index (χ0) is 18.0. The van der Waals surface area contributed by atoms with Crippen LogP contribution >= 0.6 is 45.9 Å². The van der Waals surface area contributed by atoms with Gasteiger partial charge in [0.25, 0.3) is 5.91 Å². The van der Waals surface area contributed by atoms with E-state index in [1.807, 2.05) is 0 Å². The van der Waals surface area contributed by atoms with Crippen LogP contribution in [0.5, 0.6) is 0 Å². The third-order valence-corrected chi connectivity index (χ3v) is 5.71. The molecular formula is C16H12Cl2N2O3S2. The molecule has 0 aliphatic rings. The predicted octanol–water partition coefficient (Wildman–Crippen LogP) is 4.38. The fourth-order valence-corrected chi connectivity index (χ4v) is 4.42. The van der Waals surface area contributed by atoms with Gasteiger partial charge < -0.3 is 9.30 Å². The second-order valence-corrected chi connectivity index (χ2v) is 8.07. The standard InChI is InChI=1S/C16H12Cl2N2O3S2/c1-2-23-14(21)8-20-10-4-3-9(17)7-12(10)25-16(20)19-15(22)11-5-6-13(18)24-11/h3-7H,2,8H2,1H3. The topological polar surface area (TPSA) is 60.7 Å². The van der Waals surface area contributed by atoms with E-state index in [0.717, 1.165) is 21.6 Å². The Hall–Kier alpha value is -1.67. The van der Waals surface area contributed by atoms with E-state index in [2.05, 4.69) is 4.99 Å². The van der Waals surface area contributed by atoms with Crippen LogP contribution < -0.4 is 4.80 Å². The number of ether oxygens (including phenoxy) is 1. The zero-order valence-electron chi connectivity index (χ0n) is 13.0. The van der Waals surface area contributed by atoms with Crippen LogP contribution in [0, 0.1) is 0 Å². The zero-order valence-corrected chi connectivity index (χ0v) is 16.1. The first kappa shape index (κ1) is 18.1. The summed E-state index contributed by atoms with van der Waals surface area (Å²) in [5, 5.41) is 0.569. The van der Waals surface area contributed by atoms with Crippen LogP contribution in [0.3, 0.4) is 0 Å². The number of hydrogen-bond acceptors (Lipinski definition) is 5. The lowest BCUT2D eigenvalue weighted by Gasteiger charge is -2.05. The highest BCUT2D eigenvalue weighted by Crippen LogP contribution is 2.24. The van der Waals surface area contributed by atoms with Crippen LogP contribution in [-0.2, 0) is 16.1 Å². The molecule has 3 rings (SSSR count). The number of thiazole rings is 1. The highest BCUT2D eigenvalue weighted by atomic mass is 35.5. The van der Waals surface area contributed by atoms with Crippen molar-refractivity contribution in [3.63, 3.8) is 0 Å². The number of rotatable bonds is 4. The fraction of sp³-hybridized carbons (Fsp3) is 0.188. The molecule has 0 aliphatic heterocycles. The summed E-state index contributed by atoms with van der Waals surface area (Å²) in [4.78, 5) is 29.3. The summed E-state index contributed by atoms with van der Waals surface area (Å²) < 4.78 is 8.01. The Balaban J connectivity index is 2.10. The van der Waals surface area contributed by atoms with Gasteiger partial charge in [-0.25, -0.2) is 0 Å². The summed E-state index contributed by atoms with van der Waals surface area (Å²) in [6.07, 6.45) is 0. The number of nitrogens with zero attached hydrogens (tertiary/aromatic N) is 2. The molecule has 0 radical (unpaired) electrons. The van der Waals surface area contributed by atoms with Crippen LogP contribution in [0.1, 0.15) is 16.6 Å². The van der Waals surface area contributed by atoms with Gasteiger partial charge in [-0.2, -0.15) is 4.99 Å². The monoisotopic (exact) mass is 414 g/mol. The van der Waals surface area contributed by atoms with E-state index < -0.39 is 11.9 Å². The Labute approximate surface area is 161 Å². The number of amides is 1. The van der Waals surface area contributed by atoms with E-state index in [0.29, 0.717) is 19.0 Å².